The average molecular weight is 483 g/mol. The second kappa shape index (κ2) is 13.0. The number of carbonyl (C=O) groups is 3. The van der Waals surface area contributed by atoms with Gasteiger partial charge >= 0.3 is 11.9 Å². The molecule has 180 valence electrons. The molecule has 0 aromatic heterocycles. The van der Waals surface area contributed by atoms with E-state index in [0.29, 0.717) is 18.1 Å². The molecular formula is C26H30N2O5S. The van der Waals surface area contributed by atoms with Crippen LogP contribution in [0.3, 0.4) is 0 Å². The molecule has 1 saturated heterocycles. The number of rotatable bonds is 8. The fourth-order valence-corrected chi connectivity index (χ4v) is 5.05. The third kappa shape index (κ3) is 8.04. The maximum atomic E-state index is 12.5. The van der Waals surface area contributed by atoms with E-state index in [0.717, 1.165) is 44.0 Å². The van der Waals surface area contributed by atoms with Crippen molar-refractivity contribution in [2.45, 2.75) is 24.3 Å². The van der Waals surface area contributed by atoms with Crippen molar-refractivity contribution in [2.24, 2.45) is 5.92 Å². The van der Waals surface area contributed by atoms with Gasteiger partial charge in [0.15, 0.2) is 0 Å². The van der Waals surface area contributed by atoms with E-state index < -0.39 is 11.9 Å². The van der Waals surface area contributed by atoms with Gasteiger partial charge in [0.1, 0.15) is 0 Å². The summed E-state index contributed by atoms with van der Waals surface area (Å²) >= 11 is 1.94. The third-order valence-electron chi connectivity index (χ3n) is 5.87. The predicted octanol–water partition coefficient (Wildman–Crippen LogP) is 3.86. The first-order valence-corrected chi connectivity index (χ1v) is 12.3. The molecule has 2 aliphatic rings. The number of thioether (sulfide) groups is 1. The molecule has 1 fully saturated rings. The van der Waals surface area contributed by atoms with Gasteiger partial charge in [-0.1, -0.05) is 36.4 Å². The Morgan fingerprint density at radius 1 is 0.941 bits per heavy atom. The smallest absolute Gasteiger partial charge is 0.328 e. The van der Waals surface area contributed by atoms with Gasteiger partial charge in [-0.2, -0.15) is 0 Å². The summed E-state index contributed by atoms with van der Waals surface area (Å²) in [6.45, 7) is 5.19. The van der Waals surface area contributed by atoms with E-state index in [-0.39, 0.29) is 5.91 Å². The van der Waals surface area contributed by atoms with Crippen molar-refractivity contribution in [3.63, 3.8) is 0 Å². The molecule has 8 heteroatoms. The Labute approximate surface area is 204 Å². The molecule has 2 aromatic carbocycles. The second-order valence-electron chi connectivity index (χ2n) is 8.30. The number of aliphatic carboxylic acids is 2. The first kappa shape index (κ1) is 25.5. The summed E-state index contributed by atoms with van der Waals surface area (Å²) in [6.07, 6.45) is 3.52. The number of hydrogen-bond donors (Lipinski definition) is 2. The molecule has 1 amide bonds. The molecule has 0 spiro atoms. The van der Waals surface area contributed by atoms with Gasteiger partial charge in [0, 0.05) is 48.0 Å². The number of fused-ring (bicyclic) bond motifs is 1. The summed E-state index contributed by atoms with van der Waals surface area (Å²) in [5, 5.41) is 15.6. The zero-order chi connectivity index (χ0) is 24.3. The number of benzene rings is 2. The summed E-state index contributed by atoms with van der Waals surface area (Å²) in [4.78, 5) is 37.6. The molecule has 0 aliphatic carbocycles. The van der Waals surface area contributed by atoms with Crippen LogP contribution in [0.1, 0.15) is 28.8 Å². The number of nitrogens with zero attached hydrogens (tertiary/aromatic N) is 2. The van der Waals surface area contributed by atoms with E-state index in [1.54, 1.807) is 0 Å². The Morgan fingerprint density at radius 3 is 2.18 bits per heavy atom. The van der Waals surface area contributed by atoms with Crippen molar-refractivity contribution >= 4 is 29.6 Å². The van der Waals surface area contributed by atoms with Gasteiger partial charge in [-0.05, 0) is 55.6 Å². The van der Waals surface area contributed by atoms with Gasteiger partial charge in [0.2, 0.25) is 0 Å². The lowest BCUT2D eigenvalue weighted by Gasteiger charge is -2.33. The van der Waals surface area contributed by atoms with Crippen LogP contribution >= 0.6 is 11.8 Å². The van der Waals surface area contributed by atoms with E-state index in [1.165, 1.54) is 23.3 Å². The van der Waals surface area contributed by atoms with Crippen LogP contribution in [0.2, 0.25) is 0 Å². The zero-order valence-electron chi connectivity index (χ0n) is 19.0. The lowest BCUT2D eigenvalue weighted by Crippen LogP contribution is -2.39. The second-order valence-corrected chi connectivity index (χ2v) is 9.47. The summed E-state index contributed by atoms with van der Waals surface area (Å²) in [6, 6.07) is 18.7. The maximum absolute atomic E-state index is 12.5. The number of amides is 1. The van der Waals surface area contributed by atoms with Gasteiger partial charge in [0.05, 0.1) is 0 Å². The lowest BCUT2D eigenvalue weighted by atomic mass is 9.96. The van der Waals surface area contributed by atoms with Crippen LogP contribution in [0.4, 0.5) is 0 Å². The first-order valence-electron chi connectivity index (χ1n) is 11.3. The minimum Gasteiger partial charge on any atom is -0.478 e. The number of hydrogen-bond acceptors (Lipinski definition) is 5. The van der Waals surface area contributed by atoms with Crippen molar-refractivity contribution in [2.75, 3.05) is 31.9 Å². The number of likely N-dealkylation sites (tertiary alicyclic amines) is 1. The van der Waals surface area contributed by atoms with E-state index in [4.69, 9.17) is 10.2 Å². The van der Waals surface area contributed by atoms with E-state index in [2.05, 4.69) is 46.2 Å². The van der Waals surface area contributed by atoms with Crippen LogP contribution in [0.15, 0.2) is 71.6 Å². The monoisotopic (exact) mass is 482 g/mol. The molecule has 0 radical (unpaired) electrons. The largest absolute Gasteiger partial charge is 0.478 e. The van der Waals surface area contributed by atoms with E-state index >= 15 is 0 Å². The fraction of sp³-hybridized carbons (Fsp3) is 0.346. The SMILES string of the molecule is O=C(O)/C=C/C(=O)O.O=C1c2ccccc2CN1CC1CCN(CCSc2ccccc2)CC1. The molecular weight excluding hydrogens is 452 g/mol. The van der Waals surface area contributed by atoms with Crippen LogP contribution in [0.5, 0.6) is 0 Å². The summed E-state index contributed by atoms with van der Waals surface area (Å²) in [5.74, 6) is -0.498. The molecule has 0 bridgehead atoms. The minimum atomic E-state index is -1.26. The molecule has 2 heterocycles. The van der Waals surface area contributed by atoms with Crippen molar-refractivity contribution < 1.29 is 24.6 Å². The van der Waals surface area contributed by atoms with Crippen molar-refractivity contribution in [1.82, 2.24) is 9.80 Å². The highest BCUT2D eigenvalue weighted by Gasteiger charge is 2.29. The first-order chi connectivity index (χ1) is 16.4. The third-order valence-corrected chi connectivity index (χ3v) is 6.86. The quantitative estimate of drug-likeness (QED) is 0.435. The van der Waals surface area contributed by atoms with Crippen molar-refractivity contribution in [3.8, 4) is 0 Å². The van der Waals surface area contributed by atoms with Gasteiger partial charge in [-0.3, -0.25) is 4.79 Å². The zero-order valence-corrected chi connectivity index (χ0v) is 19.8. The van der Waals surface area contributed by atoms with Crippen molar-refractivity contribution in [3.05, 3.63) is 77.9 Å². The van der Waals surface area contributed by atoms with E-state index in [9.17, 15) is 14.4 Å². The lowest BCUT2D eigenvalue weighted by molar-refractivity contribution is -0.134. The van der Waals surface area contributed by atoms with Crippen LogP contribution in [-0.2, 0) is 16.1 Å². The normalized spacial score (nSPS) is 16.2. The molecule has 34 heavy (non-hydrogen) atoms. The summed E-state index contributed by atoms with van der Waals surface area (Å²) in [5.41, 5.74) is 2.09. The number of carboxylic acids is 2. The predicted molar refractivity (Wildman–Crippen MR) is 132 cm³/mol. The average Bonchev–Trinajstić information content (AvgIpc) is 3.15. The van der Waals surface area contributed by atoms with Crippen LogP contribution in [0, 0.1) is 5.92 Å². The molecule has 2 aromatic rings. The topological polar surface area (TPSA) is 98.1 Å². The number of carbonyl (C=O) groups excluding carboxylic acids is 1. The number of carboxylic acid groups (broad SMARTS) is 2. The van der Waals surface area contributed by atoms with Gasteiger partial charge in [-0.15, -0.1) is 11.8 Å². The highest BCUT2D eigenvalue weighted by molar-refractivity contribution is 7.99. The summed E-state index contributed by atoms with van der Waals surface area (Å²) < 4.78 is 0. The van der Waals surface area contributed by atoms with Gasteiger partial charge in [0.25, 0.3) is 5.91 Å². The molecule has 0 atom stereocenters. The van der Waals surface area contributed by atoms with Gasteiger partial charge in [-0.25, -0.2) is 9.59 Å². The van der Waals surface area contributed by atoms with Crippen LogP contribution < -0.4 is 0 Å². The number of piperidine rings is 1. The van der Waals surface area contributed by atoms with Crippen molar-refractivity contribution in [1.29, 1.82) is 0 Å². The van der Waals surface area contributed by atoms with Crippen LogP contribution in [0.25, 0.3) is 0 Å². The summed E-state index contributed by atoms with van der Waals surface area (Å²) in [7, 11) is 0. The Hall–Kier alpha value is -3.10. The maximum Gasteiger partial charge on any atom is 0.328 e. The molecule has 7 nitrogen and oxygen atoms in total. The minimum absolute atomic E-state index is 0.224. The molecule has 2 aliphatic heterocycles. The Kier molecular flexibility index (Phi) is 9.73. The standard InChI is InChI=1S/C22H26N2OS.C4H4O4/c25-22-21-9-5-4-6-19(21)17-24(22)16-18-10-12-23(13-11-18)14-15-26-20-7-2-1-3-8-20;5-3(6)1-2-4(7)8/h1-9,18H,10-17H2;1-2H,(H,5,6)(H,7,8)/b;2-1+. The fourth-order valence-electron chi connectivity index (χ4n) is 4.12. The van der Waals surface area contributed by atoms with Gasteiger partial charge < -0.3 is 20.0 Å². The van der Waals surface area contributed by atoms with Crippen LogP contribution in [-0.4, -0.2) is 69.8 Å². The Bertz CT molecular complexity index is 987. The molecule has 0 unspecified atom stereocenters. The Morgan fingerprint density at radius 2 is 1.56 bits per heavy atom. The highest BCUT2D eigenvalue weighted by Crippen LogP contribution is 2.26. The molecule has 4 rings (SSSR count). The van der Waals surface area contributed by atoms with E-state index in [1.807, 2.05) is 30.0 Å². The highest BCUT2D eigenvalue weighted by atomic mass is 32.2. The Balaban J connectivity index is 0.000000350. The molecule has 2 N–H and O–H groups in total. The molecule has 0 saturated carbocycles.